The summed E-state index contributed by atoms with van der Waals surface area (Å²) in [6.45, 7) is 4.18. The van der Waals surface area contributed by atoms with Gasteiger partial charge in [-0.1, -0.05) is 6.07 Å². The zero-order chi connectivity index (χ0) is 16.8. The van der Waals surface area contributed by atoms with Gasteiger partial charge in [0.1, 0.15) is 0 Å². The summed E-state index contributed by atoms with van der Waals surface area (Å²) in [5, 5.41) is 0. The number of nitrogens with two attached hydrogens (primary N) is 1. The predicted octanol–water partition coefficient (Wildman–Crippen LogP) is 3.67. The van der Waals surface area contributed by atoms with Crippen LogP contribution < -0.4 is 15.2 Å². The molecule has 0 radical (unpaired) electrons. The number of benzene rings is 1. The van der Waals surface area contributed by atoms with E-state index in [9.17, 15) is 8.78 Å². The van der Waals surface area contributed by atoms with E-state index in [0.717, 1.165) is 31.6 Å². The summed E-state index contributed by atoms with van der Waals surface area (Å²) in [4.78, 5) is 2.36. The molecular weight excluding hydrogens is 338 g/mol. The van der Waals surface area contributed by atoms with Gasteiger partial charge in [-0.05, 0) is 56.8 Å². The quantitative estimate of drug-likeness (QED) is 0.802. The fourth-order valence-electron chi connectivity index (χ4n) is 3.03. The first kappa shape index (κ1) is 20.9. The van der Waals surface area contributed by atoms with E-state index < -0.39 is 6.61 Å². The molecule has 1 aliphatic rings. The van der Waals surface area contributed by atoms with Crippen LogP contribution in [0.1, 0.15) is 32.3 Å². The van der Waals surface area contributed by atoms with Gasteiger partial charge in [0.15, 0.2) is 11.5 Å². The fourth-order valence-corrected chi connectivity index (χ4v) is 3.03. The first-order valence-corrected chi connectivity index (χ1v) is 8.18. The van der Waals surface area contributed by atoms with Crippen molar-refractivity contribution < 1.29 is 18.3 Å². The maximum atomic E-state index is 12.4. The Balaban J connectivity index is 0.00000288. The van der Waals surface area contributed by atoms with E-state index in [1.54, 1.807) is 12.1 Å². The molecule has 0 amide bonds. The van der Waals surface area contributed by atoms with Crippen LogP contribution in [-0.4, -0.2) is 37.2 Å². The average molecular weight is 365 g/mol. The molecule has 0 bridgehead atoms. The fraction of sp³-hybridized carbons (Fsp3) is 0.647. The Morgan fingerprint density at radius 1 is 1.33 bits per heavy atom. The minimum atomic E-state index is -2.85. The van der Waals surface area contributed by atoms with Crippen LogP contribution >= 0.6 is 12.4 Å². The third-order valence-corrected chi connectivity index (χ3v) is 4.22. The third kappa shape index (κ3) is 6.07. The van der Waals surface area contributed by atoms with Gasteiger partial charge in [-0.25, -0.2) is 0 Å². The molecule has 2 atom stereocenters. The van der Waals surface area contributed by atoms with Gasteiger partial charge >= 0.3 is 6.61 Å². The van der Waals surface area contributed by atoms with Crippen molar-refractivity contribution >= 4 is 12.4 Å². The minimum absolute atomic E-state index is 0. The number of hydrogen-bond acceptors (Lipinski definition) is 4. The Morgan fingerprint density at radius 2 is 2.08 bits per heavy atom. The SMILES string of the molecule is CCOc1cc(CN2CCCC(C(C)N)C2)ccc1OC(F)F.Cl. The van der Waals surface area contributed by atoms with Crippen LogP contribution in [0.3, 0.4) is 0 Å². The van der Waals surface area contributed by atoms with Gasteiger partial charge in [0, 0.05) is 19.1 Å². The number of nitrogens with zero attached hydrogens (tertiary/aromatic N) is 1. The molecule has 2 N–H and O–H groups in total. The second-order valence-corrected chi connectivity index (χ2v) is 6.09. The lowest BCUT2D eigenvalue weighted by atomic mass is 9.92. The van der Waals surface area contributed by atoms with Gasteiger partial charge in [-0.2, -0.15) is 8.78 Å². The number of halogens is 3. The molecule has 138 valence electrons. The summed E-state index contributed by atoms with van der Waals surface area (Å²) in [7, 11) is 0. The standard InChI is InChI=1S/C17H26F2N2O2.ClH/c1-3-22-16-9-13(6-7-15(16)23-17(18)19)10-21-8-4-5-14(11-21)12(2)20;/h6-7,9,12,14,17H,3-5,8,10-11,20H2,1-2H3;1H. The molecule has 2 rings (SSSR count). The summed E-state index contributed by atoms with van der Waals surface area (Å²) in [5.74, 6) is 0.959. The van der Waals surface area contributed by atoms with E-state index in [1.165, 1.54) is 6.42 Å². The van der Waals surface area contributed by atoms with Crippen LogP contribution in [0.25, 0.3) is 0 Å². The van der Waals surface area contributed by atoms with Crippen molar-refractivity contribution in [3.8, 4) is 11.5 Å². The van der Waals surface area contributed by atoms with Crippen LogP contribution in [-0.2, 0) is 6.54 Å². The van der Waals surface area contributed by atoms with Gasteiger partial charge in [0.2, 0.25) is 0 Å². The molecule has 0 saturated carbocycles. The Labute approximate surface area is 148 Å². The normalized spacial score (nSPS) is 19.7. The molecule has 24 heavy (non-hydrogen) atoms. The van der Waals surface area contributed by atoms with E-state index in [-0.39, 0.29) is 24.2 Å². The van der Waals surface area contributed by atoms with Crippen molar-refractivity contribution in [2.45, 2.75) is 45.9 Å². The lowest BCUT2D eigenvalue weighted by Crippen LogP contribution is -2.41. The maximum Gasteiger partial charge on any atom is 0.387 e. The highest BCUT2D eigenvalue weighted by Gasteiger charge is 2.23. The summed E-state index contributed by atoms with van der Waals surface area (Å²) in [6, 6.07) is 5.35. The number of piperidine rings is 1. The Morgan fingerprint density at radius 3 is 2.71 bits per heavy atom. The van der Waals surface area contributed by atoms with Gasteiger partial charge in [-0.15, -0.1) is 12.4 Å². The Kier molecular flexibility index (Phi) is 8.73. The summed E-state index contributed by atoms with van der Waals surface area (Å²) < 4.78 is 34.8. The van der Waals surface area contributed by atoms with Crippen molar-refractivity contribution in [2.24, 2.45) is 11.7 Å². The predicted molar refractivity (Wildman–Crippen MR) is 93.1 cm³/mol. The van der Waals surface area contributed by atoms with Crippen LogP contribution in [0.15, 0.2) is 18.2 Å². The number of rotatable bonds is 7. The summed E-state index contributed by atoms with van der Waals surface area (Å²) >= 11 is 0. The number of likely N-dealkylation sites (tertiary alicyclic amines) is 1. The van der Waals surface area contributed by atoms with Crippen LogP contribution in [0.4, 0.5) is 8.78 Å². The topological polar surface area (TPSA) is 47.7 Å². The molecule has 1 aliphatic heterocycles. The zero-order valence-corrected chi connectivity index (χ0v) is 15.0. The average Bonchev–Trinajstić information content (AvgIpc) is 2.50. The highest BCUT2D eigenvalue weighted by molar-refractivity contribution is 5.85. The molecule has 1 fully saturated rings. The first-order chi connectivity index (χ1) is 11.0. The zero-order valence-electron chi connectivity index (χ0n) is 14.2. The lowest BCUT2D eigenvalue weighted by Gasteiger charge is -2.34. The van der Waals surface area contributed by atoms with Crippen molar-refractivity contribution in [2.75, 3.05) is 19.7 Å². The van der Waals surface area contributed by atoms with E-state index >= 15 is 0 Å². The van der Waals surface area contributed by atoms with Crippen LogP contribution in [0, 0.1) is 5.92 Å². The molecule has 1 heterocycles. The number of ether oxygens (including phenoxy) is 2. The minimum Gasteiger partial charge on any atom is -0.490 e. The molecule has 1 aromatic rings. The molecule has 0 spiro atoms. The monoisotopic (exact) mass is 364 g/mol. The van der Waals surface area contributed by atoms with Gasteiger partial charge in [0.05, 0.1) is 6.61 Å². The van der Waals surface area contributed by atoms with Gasteiger partial charge in [-0.3, -0.25) is 4.90 Å². The van der Waals surface area contributed by atoms with Crippen LogP contribution in [0.5, 0.6) is 11.5 Å². The summed E-state index contributed by atoms with van der Waals surface area (Å²) in [5.41, 5.74) is 7.05. The van der Waals surface area contributed by atoms with Gasteiger partial charge in [0.25, 0.3) is 0 Å². The molecule has 0 aromatic heterocycles. The van der Waals surface area contributed by atoms with Crippen LogP contribution in [0.2, 0.25) is 0 Å². The van der Waals surface area contributed by atoms with Crippen molar-refractivity contribution in [1.82, 2.24) is 4.90 Å². The van der Waals surface area contributed by atoms with E-state index in [0.29, 0.717) is 18.3 Å². The molecule has 7 heteroatoms. The van der Waals surface area contributed by atoms with E-state index in [2.05, 4.69) is 16.6 Å². The van der Waals surface area contributed by atoms with E-state index in [4.69, 9.17) is 10.5 Å². The second-order valence-electron chi connectivity index (χ2n) is 6.09. The molecular formula is C17H27ClF2N2O2. The Hall–Kier alpha value is -1.11. The lowest BCUT2D eigenvalue weighted by molar-refractivity contribution is -0.0514. The second kappa shape index (κ2) is 10.0. The molecule has 2 unspecified atom stereocenters. The number of hydrogen-bond donors (Lipinski definition) is 1. The Bertz CT molecular complexity index is 503. The third-order valence-electron chi connectivity index (χ3n) is 4.22. The molecule has 4 nitrogen and oxygen atoms in total. The molecule has 0 aliphatic carbocycles. The smallest absolute Gasteiger partial charge is 0.387 e. The largest absolute Gasteiger partial charge is 0.490 e. The van der Waals surface area contributed by atoms with Crippen molar-refractivity contribution in [3.05, 3.63) is 23.8 Å². The molecule has 1 saturated heterocycles. The highest BCUT2D eigenvalue weighted by atomic mass is 35.5. The van der Waals surface area contributed by atoms with Crippen molar-refractivity contribution in [1.29, 1.82) is 0 Å². The van der Waals surface area contributed by atoms with Gasteiger partial charge < -0.3 is 15.2 Å². The highest BCUT2D eigenvalue weighted by Crippen LogP contribution is 2.31. The maximum absolute atomic E-state index is 12.4. The number of alkyl halides is 2. The van der Waals surface area contributed by atoms with Crippen molar-refractivity contribution in [3.63, 3.8) is 0 Å². The first-order valence-electron chi connectivity index (χ1n) is 8.18. The summed E-state index contributed by atoms with van der Waals surface area (Å²) in [6.07, 6.45) is 2.30. The van der Waals surface area contributed by atoms with E-state index in [1.807, 2.05) is 13.0 Å². The molecule has 1 aromatic carbocycles.